The van der Waals surface area contributed by atoms with Gasteiger partial charge in [-0.05, 0) is 74.8 Å². The topological polar surface area (TPSA) is 40.6 Å². The molecule has 4 rings (SSSR count). The molecule has 32 heavy (non-hydrogen) atoms. The van der Waals surface area contributed by atoms with E-state index in [1.807, 2.05) is 18.2 Å². The van der Waals surface area contributed by atoms with Crippen LogP contribution >= 0.6 is 0 Å². The van der Waals surface area contributed by atoms with Gasteiger partial charge in [0.25, 0.3) is 0 Å². The smallest absolute Gasteiger partial charge is 0.133 e. The molecular weight excluding hydrogens is 398 g/mol. The average molecular weight is 434 g/mol. The van der Waals surface area contributed by atoms with Gasteiger partial charge in [0.2, 0.25) is 0 Å². The minimum Gasteiger partial charge on any atom is -0.493 e. The number of nitrogens with zero attached hydrogens (tertiary/aromatic N) is 1. The molecular formula is C28H35NO3. The van der Waals surface area contributed by atoms with Gasteiger partial charge in [0.1, 0.15) is 18.1 Å². The molecule has 1 aliphatic rings. The fraction of sp³-hybridized carbons (Fsp3) is 0.464. The summed E-state index contributed by atoms with van der Waals surface area (Å²) < 4.78 is 17.8. The SMILES string of the molecule is CCCCOc1c(C)c(COc2ccc(CCC3CCOCC3)cc2)nc2ccccc12. The Morgan fingerprint density at radius 3 is 2.56 bits per heavy atom. The van der Waals surface area contributed by atoms with E-state index in [-0.39, 0.29) is 0 Å². The Balaban J connectivity index is 1.40. The van der Waals surface area contributed by atoms with Gasteiger partial charge in [-0.3, -0.25) is 0 Å². The van der Waals surface area contributed by atoms with E-state index in [2.05, 4.69) is 44.2 Å². The summed E-state index contributed by atoms with van der Waals surface area (Å²) >= 11 is 0. The van der Waals surface area contributed by atoms with Crippen LogP contribution < -0.4 is 9.47 Å². The number of aromatic nitrogens is 1. The molecule has 0 radical (unpaired) electrons. The molecule has 0 unspecified atom stereocenters. The van der Waals surface area contributed by atoms with Crippen molar-refractivity contribution in [3.63, 3.8) is 0 Å². The van der Waals surface area contributed by atoms with Gasteiger partial charge in [-0.15, -0.1) is 0 Å². The van der Waals surface area contributed by atoms with Gasteiger partial charge in [-0.1, -0.05) is 37.6 Å². The molecule has 1 aliphatic heterocycles. The van der Waals surface area contributed by atoms with Crippen molar-refractivity contribution in [1.82, 2.24) is 4.98 Å². The van der Waals surface area contributed by atoms with Crippen LogP contribution in [-0.4, -0.2) is 24.8 Å². The van der Waals surface area contributed by atoms with Crippen molar-refractivity contribution >= 4 is 10.9 Å². The Morgan fingerprint density at radius 1 is 1.00 bits per heavy atom. The number of hydrogen-bond donors (Lipinski definition) is 0. The van der Waals surface area contributed by atoms with E-state index < -0.39 is 0 Å². The third-order valence-electron chi connectivity index (χ3n) is 6.40. The standard InChI is InChI=1S/C28H35NO3/c1-3-4-17-31-28-21(2)27(29-26-8-6-5-7-25(26)28)20-32-24-13-11-22(12-14-24)9-10-23-15-18-30-19-16-23/h5-8,11-14,23H,3-4,9-10,15-20H2,1-2H3. The van der Waals surface area contributed by atoms with Crippen LogP contribution in [0, 0.1) is 12.8 Å². The second kappa shape index (κ2) is 11.3. The van der Waals surface area contributed by atoms with Gasteiger partial charge < -0.3 is 14.2 Å². The lowest BCUT2D eigenvalue weighted by Gasteiger charge is -2.21. The highest BCUT2D eigenvalue weighted by molar-refractivity contribution is 5.86. The first-order chi connectivity index (χ1) is 15.7. The van der Waals surface area contributed by atoms with Crippen molar-refractivity contribution in [1.29, 1.82) is 0 Å². The third-order valence-corrected chi connectivity index (χ3v) is 6.40. The van der Waals surface area contributed by atoms with Gasteiger partial charge >= 0.3 is 0 Å². The highest BCUT2D eigenvalue weighted by Gasteiger charge is 2.15. The summed E-state index contributed by atoms with van der Waals surface area (Å²) in [6.07, 6.45) is 6.91. The Morgan fingerprint density at radius 2 is 1.78 bits per heavy atom. The van der Waals surface area contributed by atoms with E-state index in [1.54, 1.807) is 0 Å². The molecule has 0 atom stereocenters. The quantitative estimate of drug-likeness (QED) is 0.335. The van der Waals surface area contributed by atoms with E-state index in [1.165, 1.54) is 24.8 Å². The van der Waals surface area contributed by atoms with Gasteiger partial charge in [0.15, 0.2) is 0 Å². The van der Waals surface area contributed by atoms with Crippen molar-refractivity contribution in [3.05, 3.63) is 65.4 Å². The first-order valence-electron chi connectivity index (χ1n) is 12.0. The molecule has 1 saturated heterocycles. The third kappa shape index (κ3) is 5.80. The Labute approximate surface area is 191 Å². The number of fused-ring (bicyclic) bond motifs is 1. The molecule has 2 aromatic carbocycles. The second-order valence-electron chi connectivity index (χ2n) is 8.76. The summed E-state index contributed by atoms with van der Waals surface area (Å²) in [5.74, 6) is 2.61. The van der Waals surface area contributed by atoms with E-state index in [4.69, 9.17) is 19.2 Å². The lowest BCUT2D eigenvalue weighted by Crippen LogP contribution is -2.16. The van der Waals surface area contributed by atoms with Crippen LogP contribution in [-0.2, 0) is 17.8 Å². The highest BCUT2D eigenvalue weighted by Crippen LogP contribution is 2.31. The predicted octanol–water partition coefficient (Wildman–Crippen LogP) is 6.66. The number of benzene rings is 2. The van der Waals surface area contributed by atoms with Crippen LogP contribution in [0.25, 0.3) is 10.9 Å². The molecule has 0 amide bonds. The molecule has 0 N–H and O–H groups in total. The van der Waals surface area contributed by atoms with E-state index in [9.17, 15) is 0 Å². The summed E-state index contributed by atoms with van der Waals surface area (Å²) in [5.41, 5.74) is 4.31. The minimum absolute atomic E-state index is 0.433. The Kier molecular flexibility index (Phi) is 8.00. The lowest BCUT2D eigenvalue weighted by atomic mass is 9.93. The number of pyridine rings is 1. The molecule has 0 aliphatic carbocycles. The van der Waals surface area contributed by atoms with Gasteiger partial charge in [-0.25, -0.2) is 4.98 Å². The van der Waals surface area contributed by atoms with Crippen molar-refractivity contribution in [2.24, 2.45) is 5.92 Å². The molecule has 2 heterocycles. The largest absolute Gasteiger partial charge is 0.493 e. The molecule has 0 saturated carbocycles. The number of rotatable bonds is 10. The highest BCUT2D eigenvalue weighted by atomic mass is 16.5. The number of unbranched alkanes of at least 4 members (excludes halogenated alkanes) is 1. The molecule has 0 spiro atoms. The maximum atomic E-state index is 6.17. The lowest BCUT2D eigenvalue weighted by molar-refractivity contribution is 0.0640. The van der Waals surface area contributed by atoms with Crippen molar-refractivity contribution < 1.29 is 14.2 Å². The van der Waals surface area contributed by atoms with Crippen LogP contribution in [0.1, 0.15) is 55.8 Å². The zero-order valence-corrected chi connectivity index (χ0v) is 19.4. The summed E-state index contributed by atoms with van der Waals surface area (Å²) in [6.45, 7) is 7.26. The van der Waals surface area contributed by atoms with Gasteiger partial charge in [0, 0.05) is 24.2 Å². The second-order valence-corrected chi connectivity index (χ2v) is 8.76. The first-order valence-corrected chi connectivity index (χ1v) is 12.0. The average Bonchev–Trinajstić information content (AvgIpc) is 2.84. The van der Waals surface area contributed by atoms with Gasteiger partial charge in [-0.2, -0.15) is 0 Å². The monoisotopic (exact) mass is 433 g/mol. The molecule has 1 fully saturated rings. The molecule has 4 heteroatoms. The molecule has 4 nitrogen and oxygen atoms in total. The molecule has 1 aromatic heterocycles. The fourth-order valence-electron chi connectivity index (χ4n) is 4.28. The van der Waals surface area contributed by atoms with Crippen LogP contribution in [0.15, 0.2) is 48.5 Å². The maximum Gasteiger partial charge on any atom is 0.133 e. The number of ether oxygens (including phenoxy) is 3. The van der Waals surface area contributed by atoms with E-state index >= 15 is 0 Å². The summed E-state index contributed by atoms with van der Waals surface area (Å²) in [6, 6.07) is 16.7. The maximum absolute atomic E-state index is 6.17. The predicted molar refractivity (Wildman–Crippen MR) is 130 cm³/mol. The normalized spacial score (nSPS) is 14.6. The van der Waals surface area contributed by atoms with E-state index in [0.717, 1.165) is 78.7 Å². The zero-order valence-electron chi connectivity index (χ0n) is 19.4. The van der Waals surface area contributed by atoms with Crippen molar-refractivity contribution in [2.45, 2.75) is 59.0 Å². The van der Waals surface area contributed by atoms with Crippen molar-refractivity contribution in [3.8, 4) is 11.5 Å². The van der Waals surface area contributed by atoms with E-state index in [0.29, 0.717) is 6.61 Å². The van der Waals surface area contributed by atoms with Crippen molar-refractivity contribution in [2.75, 3.05) is 19.8 Å². The summed E-state index contributed by atoms with van der Waals surface area (Å²) in [5, 5.41) is 1.07. The minimum atomic E-state index is 0.433. The summed E-state index contributed by atoms with van der Waals surface area (Å²) in [4.78, 5) is 4.86. The Bertz CT molecular complexity index is 993. The van der Waals surface area contributed by atoms with Crippen LogP contribution in [0.4, 0.5) is 0 Å². The number of hydrogen-bond acceptors (Lipinski definition) is 4. The molecule has 0 bridgehead atoms. The first kappa shape index (κ1) is 22.6. The van der Waals surface area contributed by atoms with Crippen LogP contribution in [0.5, 0.6) is 11.5 Å². The Hall–Kier alpha value is -2.59. The zero-order chi connectivity index (χ0) is 22.2. The van der Waals surface area contributed by atoms with Gasteiger partial charge in [0.05, 0.1) is 17.8 Å². The number of para-hydroxylation sites is 1. The fourth-order valence-corrected chi connectivity index (χ4v) is 4.28. The molecule has 3 aromatic rings. The van der Waals surface area contributed by atoms with Crippen LogP contribution in [0.3, 0.4) is 0 Å². The van der Waals surface area contributed by atoms with Crippen LogP contribution in [0.2, 0.25) is 0 Å². The summed E-state index contributed by atoms with van der Waals surface area (Å²) in [7, 11) is 0. The number of aryl methyl sites for hydroxylation is 1. The molecule has 170 valence electrons.